The number of hydrogen-bond donors (Lipinski definition) is 1. The smallest absolute Gasteiger partial charge is 0.407 e. The lowest BCUT2D eigenvalue weighted by atomic mass is 10.1. The van der Waals surface area contributed by atoms with Gasteiger partial charge in [0.2, 0.25) is 10.0 Å². The van der Waals surface area contributed by atoms with E-state index in [1.165, 1.54) is 11.4 Å². The van der Waals surface area contributed by atoms with Crippen molar-refractivity contribution in [3.8, 4) is 0 Å². The normalized spacial score (nSPS) is 17.2. The highest BCUT2D eigenvalue weighted by molar-refractivity contribution is 7.89. The molecule has 2 rings (SSSR count). The van der Waals surface area contributed by atoms with Gasteiger partial charge >= 0.3 is 6.09 Å². The fourth-order valence-electron chi connectivity index (χ4n) is 2.59. The van der Waals surface area contributed by atoms with Crippen LogP contribution in [-0.4, -0.2) is 45.1 Å². The molecule has 0 saturated carbocycles. The van der Waals surface area contributed by atoms with Gasteiger partial charge in [-0.25, -0.2) is 13.2 Å². The topological polar surface area (TPSA) is 75.7 Å². The summed E-state index contributed by atoms with van der Waals surface area (Å²) in [6, 6.07) is 5.40. The average Bonchev–Trinajstić information content (AvgIpc) is 2.50. The van der Waals surface area contributed by atoms with Gasteiger partial charge < -0.3 is 10.1 Å². The first kappa shape index (κ1) is 16.8. The molecule has 1 aromatic rings. The van der Waals surface area contributed by atoms with E-state index in [-0.39, 0.29) is 6.04 Å². The highest BCUT2D eigenvalue weighted by atomic mass is 32.2. The number of amides is 1. The fourth-order valence-corrected chi connectivity index (χ4v) is 4.37. The largest absolute Gasteiger partial charge is 0.453 e. The monoisotopic (exact) mass is 326 g/mol. The minimum absolute atomic E-state index is 0.0440. The molecule has 0 aromatic heterocycles. The molecular formula is C15H22N2O4S. The molecule has 1 fully saturated rings. The lowest BCUT2D eigenvalue weighted by Gasteiger charge is -2.31. The van der Waals surface area contributed by atoms with Crippen LogP contribution >= 0.6 is 0 Å². The summed E-state index contributed by atoms with van der Waals surface area (Å²) in [5, 5.41) is 2.72. The van der Waals surface area contributed by atoms with E-state index in [9.17, 15) is 13.2 Å². The number of benzene rings is 1. The lowest BCUT2D eigenvalue weighted by molar-refractivity contribution is 0.161. The highest BCUT2D eigenvalue weighted by Gasteiger charge is 2.31. The number of nitrogens with one attached hydrogen (secondary N) is 1. The van der Waals surface area contributed by atoms with Crippen molar-refractivity contribution in [3.05, 3.63) is 29.3 Å². The Morgan fingerprint density at radius 2 is 1.91 bits per heavy atom. The Morgan fingerprint density at radius 1 is 1.27 bits per heavy atom. The number of sulfonamides is 1. The Bertz CT molecular complexity index is 650. The van der Waals surface area contributed by atoms with Gasteiger partial charge in [-0.3, -0.25) is 0 Å². The van der Waals surface area contributed by atoms with Crippen LogP contribution in [0.25, 0.3) is 0 Å². The molecule has 7 heteroatoms. The van der Waals surface area contributed by atoms with Gasteiger partial charge in [0, 0.05) is 19.1 Å². The molecular weight excluding hydrogens is 304 g/mol. The van der Waals surface area contributed by atoms with E-state index in [0.29, 0.717) is 30.8 Å². The third-order valence-corrected chi connectivity index (χ3v) is 5.96. The molecule has 1 aromatic carbocycles. The van der Waals surface area contributed by atoms with Crippen LogP contribution in [0, 0.1) is 13.8 Å². The zero-order valence-corrected chi connectivity index (χ0v) is 13.9. The summed E-state index contributed by atoms with van der Waals surface area (Å²) in [6.45, 7) is 4.47. The molecule has 1 aliphatic heterocycles. The minimum Gasteiger partial charge on any atom is -0.453 e. The van der Waals surface area contributed by atoms with Crippen molar-refractivity contribution in [2.45, 2.75) is 37.6 Å². The zero-order chi connectivity index (χ0) is 16.3. The molecule has 1 heterocycles. The van der Waals surface area contributed by atoms with Gasteiger partial charge in [0.25, 0.3) is 0 Å². The van der Waals surface area contributed by atoms with E-state index in [4.69, 9.17) is 0 Å². The van der Waals surface area contributed by atoms with Crippen molar-refractivity contribution in [3.63, 3.8) is 0 Å². The summed E-state index contributed by atoms with van der Waals surface area (Å²) in [4.78, 5) is 11.6. The van der Waals surface area contributed by atoms with Crippen molar-refractivity contribution in [2.75, 3.05) is 20.2 Å². The Labute approximate surface area is 131 Å². The summed E-state index contributed by atoms with van der Waals surface area (Å²) in [7, 11) is -2.17. The number of aryl methyl sites for hydroxylation is 2. The molecule has 122 valence electrons. The number of ether oxygens (including phenoxy) is 1. The molecule has 0 aliphatic carbocycles. The number of hydrogen-bond acceptors (Lipinski definition) is 4. The zero-order valence-electron chi connectivity index (χ0n) is 13.1. The molecule has 0 radical (unpaired) electrons. The van der Waals surface area contributed by atoms with Crippen LogP contribution in [0.3, 0.4) is 0 Å². The van der Waals surface area contributed by atoms with Crippen LogP contribution < -0.4 is 5.32 Å². The first-order chi connectivity index (χ1) is 10.3. The number of nitrogens with zero attached hydrogens (tertiary/aromatic N) is 1. The predicted molar refractivity (Wildman–Crippen MR) is 83.2 cm³/mol. The molecule has 1 aliphatic rings. The molecule has 1 N–H and O–H groups in total. The SMILES string of the molecule is COC(=O)NC1CCN(S(=O)(=O)c2cc(C)ccc2C)CC1. The molecule has 0 bridgehead atoms. The van der Waals surface area contributed by atoms with Crippen molar-refractivity contribution < 1.29 is 17.9 Å². The van der Waals surface area contributed by atoms with Crippen molar-refractivity contribution in [1.82, 2.24) is 9.62 Å². The first-order valence-electron chi connectivity index (χ1n) is 7.26. The second kappa shape index (κ2) is 6.66. The van der Waals surface area contributed by atoms with E-state index in [1.54, 1.807) is 13.0 Å². The number of carbonyl (C=O) groups excluding carboxylic acids is 1. The first-order valence-corrected chi connectivity index (χ1v) is 8.70. The van der Waals surface area contributed by atoms with Crippen LogP contribution in [0.15, 0.2) is 23.1 Å². The lowest BCUT2D eigenvalue weighted by Crippen LogP contribution is -2.46. The summed E-state index contributed by atoms with van der Waals surface area (Å²) in [5.41, 5.74) is 1.67. The maximum absolute atomic E-state index is 12.8. The van der Waals surface area contributed by atoms with Gasteiger partial charge in [-0.2, -0.15) is 4.31 Å². The van der Waals surface area contributed by atoms with E-state index < -0.39 is 16.1 Å². The van der Waals surface area contributed by atoms with Gasteiger partial charge in [0.05, 0.1) is 12.0 Å². The van der Waals surface area contributed by atoms with Gasteiger partial charge in [-0.1, -0.05) is 12.1 Å². The van der Waals surface area contributed by atoms with Crippen molar-refractivity contribution in [1.29, 1.82) is 0 Å². The molecule has 6 nitrogen and oxygen atoms in total. The molecule has 1 saturated heterocycles. The molecule has 1 amide bonds. The average molecular weight is 326 g/mol. The Balaban J connectivity index is 2.10. The van der Waals surface area contributed by atoms with Crippen LogP contribution in [0.1, 0.15) is 24.0 Å². The fraction of sp³-hybridized carbons (Fsp3) is 0.533. The van der Waals surface area contributed by atoms with E-state index in [2.05, 4.69) is 10.1 Å². The number of carbonyl (C=O) groups is 1. The second-order valence-corrected chi connectivity index (χ2v) is 7.49. The molecule has 0 spiro atoms. The Kier molecular flexibility index (Phi) is 5.08. The molecule has 0 atom stereocenters. The summed E-state index contributed by atoms with van der Waals surface area (Å²) >= 11 is 0. The van der Waals surface area contributed by atoms with E-state index in [0.717, 1.165) is 11.1 Å². The number of piperidine rings is 1. The maximum Gasteiger partial charge on any atom is 0.407 e. The standard InChI is InChI=1S/C15H22N2O4S/c1-11-4-5-12(2)14(10-11)22(19,20)17-8-6-13(7-9-17)16-15(18)21-3/h4-5,10,13H,6-9H2,1-3H3,(H,16,18). The third kappa shape index (κ3) is 3.59. The minimum atomic E-state index is -3.48. The van der Waals surface area contributed by atoms with Crippen LogP contribution in [-0.2, 0) is 14.8 Å². The quantitative estimate of drug-likeness (QED) is 0.919. The van der Waals surface area contributed by atoms with Gasteiger partial charge in [-0.05, 0) is 43.9 Å². The van der Waals surface area contributed by atoms with E-state index in [1.807, 2.05) is 19.1 Å². The van der Waals surface area contributed by atoms with Crippen LogP contribution in [0.2, 0.25) is 0 Å². The third-order valence-electron chi connectivity index (χ3n) is 3.92. The van der Waals surface area contributed by atoms with Crippen LogP contribution in [0.5, 0.6) is 0 Å². The number of alkyl carbamates (subject to hydrolysis) is 1. The predicted octanol–water partition coefficient (Wildman–Crippen LogP) is 1.81. The van der Waals surface area contributed by atoms with Gasteiger partial charge in [0.1, 0.15) is 0 Å². The maximum atomic E-state index is 12.8. The summed E-state index contributed by atoms with van der Waals surface area (Å²) in [5.74, 6) is 0. The van der Waals surface area contributed by atoms with Crippen LogP contribution in [0.4, 0.5) is 4.79 Å². The summed E-state index contributed by atoms with van der Waals surface area (Å²) < 4.78 is 31.6. The van der Waals surface area contributed by atoms with E-state index >= 15 is 0 Å². The Morgan fingerprint density at radius 3 is 2.50 bits per heavy atom. The highest BCUT2D eigenvalue weighted by Crippen LogP contribution is 2.24. The Hall–Kier alpha value is -1.60. The number of rotatable bonds is 3. The molecule has 0 unspecified atom stereocenters. The van der Waals surface area contributed by atoms with Gasteiger partial charge in [-0.15, -0.1) is 0 Å². The van der Waals surface area contributed by atoms with Crippen molar-refractivity contribution in [2.24, 2.45) is 0 Å². The van der Waals surface area contributed by atoms with Gasteiger partial charge in [0.15, 0.2) is 0 Å². The molecule has 22 heavy (non-hydrogen) atoms. The summed E-state index contributed by atoms with van der Waals surface area (Å²) in [6.07, 6.45) is 0.689. The number of methoxy groups -OCH3 is 1. The second-order valence-electron chi connectivity index (χ2n) is 5.58. The van der Waals surface area contributed by atoms with Crippen molar-refractivity contribution >= 4 is 16.1 Å².